The summed E-state index contributed by atoms with van der Waals surface area (Å²) in [6.07, 6.45) is 6.72. The molecule has 0 aromatic heterocycles. The lowest BCUT2D eigenvalue weighted by Gasteiger charge is -2.12. The van der Waals surface area contributed by atoms with Crippen molar-refractivity contribution in [2.24, 2.45) is 0 Å². The molecule has 0 aliphatic rings. The van der Waals surface area contributed by atoms with Gasteiger partial charge in [-0.05, 0) is 12.5 Å². The molecule has 3 nitrogen and oxygen atoms in total. The lowest BCUT2D eigenvalue weighted by molar-refractivity contribution is 0.207. The fourth-order valence-corrected chi connectivity index (χ4v) is 1.29. The van der Waals surface area contributed by atoms with Gasteiger partial charge in [0.2, 0.25) is 5.90 Å². The third kappa shape index (κ3) is 9.72. The molecule has 0 bridgehead atoms. The molecule has 0 spiro atoms. The van der Waals surface area contributed by atoms with Gasteiger partial charge in [-0.15, -0.1) is 0 Å². The Morgan fingerprint density at radius 2 is 2.06 bits per heavy atom. The largest absolute Gasteiger partial charge is 0.474 e. The van der Waals surface area contributed by atoms with Crippen molar-refractivity contribution in [2.45, 2.75) is 42.5 Å². The van der Waals surface area contributed by atoms with Crippen LogP contribution in [0.3, 0.4) is 0 Å². The molecule has 1 atom stereocenters. The van der Waals surface area contributed by atoms with Gasteiger partial charge in [-0.3, -0.25) is 5.41 Å². The van der Waals surface area contributed by atoms with E-state index in [2.05, 4.69) is 6.92 Å². The van der Waals surface area contributed by atoms with E-state index in [1.807, 2.05) is 0 Å². The van der Waals surface area contributed by atoms with E-state index in [-0.39, 0.29) is 6.61 Å². The molecule has 0 rings (SSSR count). The van der Waals surface area contributed by atoms with Gasteiger partial charge in [-0.1, -0.05) is 67.1 Å². The Kier molecular flexibility index (Phi) is 9.06. The lowest BCUT2D eigenvalue weighted by Crippen LogP contribution is -2.21. The molecule has 1 unspecified atom stereocenters. The van der Waals surface area contributed by atoms with Crippen LogP contribution in [0, 0.1) is 5.41 Å². The first-order valence-electron chi connectivity index (χ1n) is 5.51. The summed E-state index contributed by atoms with van der Waals surface area (Å²) in [6, 6.07) is 0. The molecule has 0 saturated carbocycles. The smallest absolute Gasteiger partial charge is 0.265 e. The fraction of sp³-hybridized carbons (Fsp3) is 0.727. The van der Waals surface area contributed by atoms with Gasteiger partial charge in [0.1, 0.15) is 6.61 Å². The van der Waals surface area contributed by atoms with E-state index < -0.39 is 15.8 Å². The highest BCUT2D eigenvalue weighted by atomic mass is 35.6. The number of ether oxygens (including phenoxy) is 1. The molecule has 17 heavy (non-hydrogen) atoms. The van der Waals surface area contributed by atoms with Crippen LogP contribution in [0.25, 0.3) is 0 Å². The Balaban J connectivity index is 3.70. The number of aliphatic hydroxyl groups excluding tert-OH is 1. The van der Waals surface area contributed by atoms with E-state index in [4.69, 9.17) is 44.9 Å². The second-order valence-electron chi connectivity index (χ2n) is 3.63. The van der Waals surface area contributed by atoms with Gasteiger partial charge >= 0.3 is 0 Å². The quantitative estimate of drug-likeness (QED) is 0.247. The van der Waals surface area contributed by atoms with Crippen molar-refractivity contribution >= 4 is 40.7 Å². The summed E-state index contributed by atoms with van der Waals surface area (Å²) in [5.41, 5.74) is 0. The molecule has 0 saturated heterocycles. The second-order valence-corrected chi connectivity index (χ2v) is 5.91. The lowest BCUT2D eigenvalue weighted by atomic mass is 10.1. The molecular weight excluding hydrogens is 284 g/mol. The Morgan fingerprint density at radius 3 is 2.59 bits per heavy atom. The number of aliphatic hydroxyl groups is 1. The molecule has 0 aliphatic heterocycles. The van der Waals surface area contributed by atoms with Gasteiger partial charge in [-0.25, -0.2) is 0 Å². The first kappa shape index (κ1) is 17.0. The minimum absolute atomic E-state index is 0.109. The molecule has 0 aromatic carbocycles. The zero-order chi connectivity index (χ0) is 13.3. The van der Waals surface area contributed by atoms with Crippen molar-refractivity contribution < 1.29 is 9.84 Å². The van der Waals surface area contributed by atoms with Crippen molar-refractivity contribution in [1.29, 1.82) is 5.41 Å². The average molecular weight is 303 g/mol. The van der Waals surface area contributed by atoms with Crippen LogP contribution in [0.4, 0.5) is 0 Å². The van der Waals surface area contributed by atoms with Crippen molar-refractivity contribution in [3.63, 3.8) is 0 Å². The van der Waals surface area contributed by atoms with E-state index in [1.165, 1.54) is 0 Å². The molecule has 2 N–H and O–H groups in total. The van der Waals surface area contributed by atoms with Crippen LogP contribution in [-0.2, 0) is 4.74 Å². The molecule has 0 amide bonds. The molecule has 0 aromatic rings. The second kappa shape index (κ2) is 9.03. The van der Waals surface area contributed by atoms with Crippen LogP contribution in [0.5, 0.6) is 0 Å². The van der Waals surface area contributed by atoms with E-state index >= 15 is 0 Å². The van der Waals surface area contributed by atoms with Gasteiger partial charge in [-0.2, -0.15) is 0 Å². The number of rotatable bonds is 7. The predicted octanol–water partition coefficient (Wildman–Crippen LogP) is 3.85. The average Bonchev–Trinajstić information content (AvgIpc) is 2.23. The summed E-state index contributed by atoms with van der Waals surface area (Å²) in [5, 5.41) is 16.8. The van der Waals surface area contributed by atoms with Gasteiger partial charge in [0.15, 0.2) is 0 Å². The molecular formula is C11H18Cl3NO2. The van der Waals surface area contributed by atoms with Crippen molar-refractivity contribution in [3.8, 4) is 0 Å². The normalized spacial score (nSPS) is 13.9. The molecule has 6 heteroatoms. The zero-order valence-corrected chi connectivity index (χ0v) is 12.0. The minimum Gasteiger partial charge on any atom is -0.474 e. The number of halogens is 3. The van der Waals surface area contributed by atoms with E-state index in [0.29, 0.717) is 0 Å². The Labute approximate surface area is 117 Å². The molecule has 0 fully saturated rings. The monoisotopic (exact) mass is 301 g/mol. The van der Waals surface area contributed by atoms with E-state index in [9.17, 15) is 5.11 Å². The number of nitrogens with one attached hydrogen (secondary N) is 1. The maximum atomic E-state index is 9.53. The highest BCUT2D eigenvalue weighted by Crippen LogP contribution is 2.27. The van der Waals surface area contributed by atoms with Crippen LogP contribution < -0.4 is 0 Å². The Hall–Kier alpha value is 0.0400. The first-order chi connectivity index (χ1) is 7.88. The van der Waals surface area contributed by atoms with Gasteiger partial charge < -0.3 is 9.84 Å². The number of unbranched alkanes of at least 4 members (excludes halogenated alkanes) is 2. The summed E-state index contributed by atoms with van der Waals surface area (Å²) in [5.74, 6) is -0.423. The first-order valence-corrected chi connectivity index (χ1v) is 6.64. The highest BCUT2D eigenvalue weighted by Gasteiger charge is 2.28. The number of alkyl halides is 3. The van der Waals surface area contributed by atoms with Crippen molar-refractivity contribution in [2.75, 3.05) is 6.61 Å². The van der Waals surface area contributed by atoms with Gasteiger partial charge in [0.25, 0.3) is 3.79 Å². The Morgan fingerprint density at radius 1 is 1.41 bits per heavy atom. The molecule has 0 radical (unpaired) electrons. The zero-order valence-electron chi connectivity index (χ0n) is 9.76. The topological polar surface area (TPSA) is 53.3 Å². The minimum atomic E-state index is -1.83. The summed E-state index contributed by atoms with van der Waals surface area (Å²) in [6.45, 7) is 2.22. The van der Waals surface area contributed by atoms with Crippen molar-refractivity contribution in [3.05, 3.63) is 12.2 Å². The number of hydrogen-bond donors (Lipinski definition) is 2. The standard InChI is InChI=1S/C11H18Cl3NO2/c1-2-3-4-6-9(16)7-5-8-17-10(15)11(12,13)14/h5,7,9,15-16H,2-4,6,8H2,1H3/b7-5-,15-10?. The highest BCUT2D eigenvalue weighted by molar-refractivity contribution is 6.76. The van der Waals surface area contributed by atoms with Crippen LogP contribution in [0.1, 0.15) is 32.6 Å². The van der Waals surface area contributed by atoms with Gasteiger partial charge in [0, 0.05) is 0 Å². The van der Waals surface area contributed by atoms with Crippen LogP contribution in [-0.4, -0.2) is 27.5 Å². The third-order valence-electron chi connectivity index (χ3n) is 2.04. The number of hydrogen-bond acceptors (Lipinski definition) is 3. The molecule has 0 aliphatic carbocycles. The van der Waals surface area contributed by atoms with Crippen LogP contribution >= 0.6 is 34.8 Å². The van der Waals surface area contributed by atoms with Gasteiger partial charge in [0.05, 0.1) is 6.10 Å². The predicted molar refractivity (Wildman–Crippen MR) is 73.3 cm³/mol. The third-order valence-corrected chi connectivity index (χ3v) is 2.56. The van der Waals surface area contributed by atoms with E-state index in [0.717, 1.165) is 25.7 Å². The maximum absolute atomic E-state index is 9.53. The fourth-order valence-electron chi connectivity index (χ4n) is 1.13. The van der Waals surface area contributed by atoms with Crippen molar-refractivity contribution in [1.82, 2.24) is 0 Å². The molecule has 100 valence electrons. The summed E-state index contributed by atoms with van der Waals surface area (Å²) < 4.78 is 3.05. The van der Waals surface area contributed by atoms with Crippen LogP contribution in [0.2, 0.25) is 0 Å². The summed E-state index contributed by atoms with van der Waals surface area (Å²) in [7, 11) is 0. The maximum Gasteiger partial charge on any atom is 0.265 e. The van der Waals surface area contributed by atoms with E-state index in [1.54, 1.807) is 12.2 Å². The molecule has 0 heterocycles. The summed E-state index contributed by atoms with van der Waals surface area (Å²) >= 11 is 16.3. The SMILES string of the molecule is CCCCCC(O)/C=C\COC(=N)C(Cl)(Cl)Cl. The summed E-state index contributed by atoms with van der Waals surface area (Å²) in [4.78, 5) is 0. The van der Waals surface area contributed by atoms with Crippen LogP contribution in [0.15, 0.2) is 12.2 Å². The Bertz CT molecular complexity index is 252.